The van der Waals surface area contributed by atoms with Gasteiger partial charge in [-0.15, -0.1) is 0 Å². The summed E-state index contributed by atoms with van der Waals surface area (Å²) in [6, 6.07) is 5.61. The van der Waals surface area contributed by atoms with E-state index in [0.29, 0.717) is 11.5 Å². The molecular weight excluding hydrogens is 190 g/mol. The van der Waals surface area contributed by atoms with Gasteiger partial charge in [-0.2, -0.15) is 0 Å². The molecule has 1 aromatic rings. The van der Waals surface area contributed by atoms with Gasteiger partial charge in [-0.1, -0.05) is 18.2 Å². The normalized spacial score (nSPS) is 21.5. The Morgan fingerprint density at radius 2 is 2.27 bits per heavy atom. The molecular formula is C12H17NO2. The van der Waals surface area contributed by atoms with Crippen molar-refractivity contribution < 1.29 is 10.2 Å². The number of hydrogen-bond acceptors (Lipinski definition) is 3. The number of rotatable bonds is 2. The number of aliphatic hydroxyl groups excluding tert-OH is 1. The molecule has 0 bridgehead atoms. The molecule has 15 heavy (non-hydrogen) atoms. The summed E-state index contributed by atoms with van der Waals surface area (Å²) in [6.45, 7) is 1.89. The molecule has 3 heteroatoms. The standard InChI is InChI=1S/C12H17NO2/c14-8-10-3-1-5-11(12(10)15)9-4-2-6-13-7-9/h1,3,5,9,13-15H,2,4,6-8H2. The summed E-state index contributed by atoms with van der Waals surface area (Å²) >= 11 is 0. The highest BCUT2D eigenvalue weighted by atomic mass is 16.3. The van der Waals surface area contributed by atoms with E-state index < -0.39 is 0 Å². The zero-order valence-electron chi connectivity index (χ0n) is 8.74. The minimum atomic E-state index is -0.0974. The van der Waals surface area contributed by atoms with Crippen molar-refractivity contribution in [3.8, 4) is 5.75 Å². The lowest BCUT2D eigenvalue weighted by atomic mass is 9.90. The van der Waals surface area contributed by atoms with E-state index in [-0.39, 0.29) is 12.4 Å². The first-order chi connectivity index (χ1) is 7.33. The lowest BCUT2D eigenvalue weighted by molar-refractivity contribution is 0.274. The molecule has 0 spiro atoms. The summed E-state index contributed by atoms with van der Waals surface area (Å²) in [5, 5.41) is 22.3. The number of nitrogens with one attached hydrogen (secondary N) is 1. The molecule has 82 valence electrons. The van der Waals surface area contributed by atoms with Gasteiger partial charge in [-0.25, -0.2) is 0 Å². The molecule has 0 aromatic heterocycles. The van der Waals surface area contributed by atoms with E-state index in [1.807, 2.05) is 12.1 Å². The van der Waals surface area contributed by atoms with Gasteiger partial charge >= 0.3 is 0 Å². The molecule has 3 N–H and O–H groups in total. The third-order valence-corrected chi connectivity index (χ3v) is 3.06. The maximum Gasteiger partial charge on any atom is 0.124 e. The molecule has 0 saturated carbocycles. The van der Waals surface area contributed by atoms with Crippen LogP contribution in [0.3, 0.4) is 0 Å². The average Bonchev–Trinajstić information content (AvgIpc) is 2.30. The van der Waals surface area contributed by atoms with Crippen molar-refractivity contribution >= 4 is 0 Å². The quantitative estimate of drug-likeness (QED) is 0.686. The van der Waals surface area contributed by atoms with Crippen LogP contribution in [-0.2, 0) is 6.61 Å². The van der Waals surface area contributed by atoms with Crippen LogP contribution in [0.25, 0.3) is 0 Å². The summed E-state index contributed by atoms with van der Waals surface area (Å²) in [4.78, 5) is 0. The van der Waals surface area contributed by atoms with Crippen molar-refractivity contribution in [3.63, 3.8) is 0 Å². The smallest absolute Gasteiger partial charge is 0.124 e. The number of piperidine rings is 1. The topological polar surface area (TPSA) is 52.5 Å². The van der Waals surface area contributed by atoms with Crippen LogP contribution in [0.1, 0.15) is 29.9 Å². The van der Waals surface area contributed by atoms with Crippen molar-refractivity contribution in [1.82, 2.24) is 5.32 Å². The largest absolute Gasteiger partial charge is 0.507 e. The number of para-hydroxylation sites is 1. The van der Waals surface area contributed by atoms with Crippen LogP contribution in [0.15, 0.2) is 18.2 Å². The van der Waals surface area contributed by atoms with Crippen LogP contribution in [0.4, 0.5) is 0 Å². The van der Waals surface area contributed by atoms with Crippen LogP contribution in [0.5, 0.6) is 5.75 Å². The van der Waals surface area contributed by atoms with E-state index in [0.717, 1.165) is 31.5 Å². The fraction of sp³-hybridized carbons (Fsp3) is 0.500. The van der Waals surface area contributed by atoms with Gasteiger partial charge in [-0.05, 0) is 24.9 Å². The molecule has 1 saturated heterocycles. The molecule has 1 heterocycles. The van der Waals surface area contributed by atoms with Crippen molar-refractivity contribution in [3.05, 3.63) is 29.3 Å². The Hall–Kier alpha value is -1.06. The van der Waals surface area contributed by atoms with Gasteiger partial charge in [0.15, 0.2) is 0 Å². The molecule has 0 aliphatic carbocycles. The first-order valence-electron chi connectivity index (χ1n) is 5.45. The Bertz CT molecular complexity index is 332. The molecule has 1 aliphatic heterocycles. The molecule has 1 aromatic carbocycles. The minimum absolute atomic E-state index is 0.0974. The van der Waals surface area contributed by atoms with Gasteiger partial charge in [0, 0.05) is 18.0 Å². The predicted octanol–water partition coefficient (Wildman–Crippen LogP) is 1.35. The number of hydrogen-bond donors (Lipinski definition) is 3. The van der Waals surface area contributed by atoms with Gasteiger partial charge in [0.25, 0.3) is 0 Å². The van der Waals surface area contributed by atoms with Crippen LogP contribution in [-0.4, -0.2) is 23.3 Å². The number of aliphatic hydroxyl groups is 1. The lowest BCUT2D eigenvalue weighted by Gasteiger charge is -2.24. The highest BCUT2D eigenvalue weighted by molar-refractivity contribution is 5.42. The van der Waals surface area contributed by atoms with E-state index in [4.69, 9.17) is 5.11 Å². The summed E-state index contributed by atoms with van der Waals surface area (Å²) in [5.41, 5.74) is 1.59. The van der Waals surface area contributed by atoms with Crippen LogP contribution < -0.4 is 5.32 Å². The molecule has 1 unspecified atom stereocenters. The fourth-order valence-corrected chi connectivity index (χ4v) is 2.19. The fourth-order valence-electron chi connectivity index (χ4n) is 2.19. The summed E-state index contributed by atoms with van der Waals surface area (Å²) in [7, 11) is 0. The molecule has 1 atom stereocenters. The van der Waals surface area contributed by atoms with Gasteiger partial charge < -0.3 is 15.5 Å². The first-order valence-corrected chi connectivity index (χ1v) is 5.45. The maximum absolute atomic E-state index is 9.95. The second-order valence-electron chi connectivity index (χ2n) is 4.06. The molecule has 1 aliphatic rings. The monoisotopic (exact) mass is 207 g/mol. The Kier molecular flexibility index (Phi) is 3.23. The van der Waals surface area contributed by atoms with E-state index in [2.05, 4.69) is 5.32 Å². The Balaban J connectivity index is 2.26. The second kappa shape index (κ2) is 4.64. The molecule has 0 radical (unpaired) electrons. The second-order valence-corrected chi connectivity index (χ2v) is 4.06. The van der Waals surface area contributed by atoms with E-state index in [1.165, 1.54) is 0 Å². The van der Waals surface area contributed by atoms with Crippen molar-refractivity contribution in [2.45, 2.75) is 25.4 Å². The number of phenols is 1. The Morgan fingerprint density at radius 1 is 1.40 bits per heavy atom. The molecule has 3 nitrogen and oxygen atoms in total. The third kappa shape index (κ3) is 2.13. The predicted molar refractivity (Wildman–Crippen MR) is 58.9 cm³/mol. The van der Waals surface area contributed by atoms with Crippen molar-refractivity contribution in [1.29, 1.82) is 0 Å². The highest BCUT2D eigenvalue weighted by Gasteiger charge is 2.19. The van der Waals surface area contributed by atoms with E-state index in [9.17, 15) is 5.11 Å². The average molecular weight is 207 g/mol. The lowest BCUT2D eigenvalue weighted by Crippen LogP contribution is -2.28. The summed E-state index contributed by atoms with van der Waals surface area (Å²) in [5.74, 6) is 0.652. The SMILES string of the molecule is OCc1cccc(C2CCCNC2)c1O. The zero-order valence-corrected chi connectivity index (χ0v) is 8.74. The van der Waals surface area contributed by atoms with Crippen LogP contribution >= 0.6 is 0 Å². The van der Waals surface area contributed by atoms with Gasteiger partial charge in [0.1, 0.15) is 5.75 Å². The minimum Gasteiger partial charge on any atom is -0.507 e. The van der Waals surface area contributed by atoms with Gasteiger partial charge in [0.05, 0.1) is 6.61 Å². The summed E-state index contributed by atoms with van der Waals surface area (Å²) in [6.07, 6.45) is 2.25. The van der Waals surface area contributed by atoms with E-state index >= 15 is 0 Å². The first kappa shape index (κ1) is 10.5. The summed E-state index contributed by atoms with van der Waals surface area (Å²) < 4.78 is 0. The maximum atomic E-state index is 9.95. The number of benzene rings is 1. The zero-order chi connectivity index (χ0) is 10.7. The Labute approximate surface area is 89.8 Å². The molecule has 1 fully saturated rings. The third-order valence-electron chi connectivity index (χ3n) is 3.06. The van der Waals surface area contributed by atoms with Crippen LogP contribution in [0, 0.1) is 0 Å². The van der Waals surface area contributed by atoms with Crippen LogP contribution in [0.2, 0.25) is 0 Å². The van der Waals surface area contributed by atoms with Gasteiger partial charge in [0.2, 0.25) is 0 Å². The van der Waals surface area contributed by atoms with Gasteiger partial charge in [-0.3, -0.25) is 0 Å². The highest BCUT2D eigenvalue weighted by Crippen LogP contribution is 2.32. The Morgan fingerprint density at radius 3 is 2.93 bits per heavy atom. The van der Waals surface area contributed by atoms with Crippen molar-refractivity contribution in [2.75, 3.05) is 13.1 Å². The molecule has 2 rings (SSSR count). The van der Waals surface area contributed by atoms with E-state index in [1.54, 1.807) is 6.07 Å². The van der Waals surface area contributed by atoms with Crippen molar-refractivity contribution in [2.24, 2.45) is 0 Å². The molecule has 0 amide bonds. The number of aromatic hydroxyl groups is 1.